The van der Waals surface area contributed by atoms with Crippen LogP contribution in [0.4, 0.5) is 15.9 Å². The summed E-state index contributed by atoms with van der Waals surface area (Å²) in [6.45, 7) is 0.353. The molecule has 0 aliphatic rings. The fourth-order valence-electron chi connectivity index (χ4n) is 2.13. The first kappa shape index (κ1) is 16.4. The number of nitrogens with zero attached hydrogens (tertiary/aromatic N) is 2. The predicted molar refractivity (Wildman–Crippen MR) is 99.0 cm³/mol. The molecule has 4 nitrogen and oxygen atoms in total. The van der Waals surface area contributed by atoms with E-state index < -0.39 is 0 Å². The molecule has 0 spiro atoms. The smallest absolute Gasteiger partial charge is 0.176 e. The summed E-state index contributed by atoms with van der Waals surface area (Å²) in [4.78, 5) is 0. The van der Waals surface area contributed by atoms with Gasteiger partial charge in [0.25, 0.3) is 0 Å². The average Bonchev–Trinajstić information content (AvgIpc) is 2.99. The van der Waals surface area contributed by atoms with Crippen molar-refractivity contribution in [1.29, 1.82) is 0 Å². The molecule has 24 heavy (non-hydrogen) atoms. The van der Waals surface area contributed by atoms with Gasteiger partial charge in [-0.05, 0) is 42.5 Å². The zero-order valence-corrected chi connectivity index (χ0v) is 14.1. The number of benzene rings is 2. The Balaban J connectivity index is 1.60. The van der Waals surface area contributed by atoms with Gasteiger partial charge in [-0.2, -0.15) is 5.10 Å². The molecule has 0 saturated carbocycles. The van der Waals surface area contributed by atoms with Crippen molar-refractivity contribution in [3.05, 3.63) is 77.2 Å². The van der Waals surface area contributed by atoms with E-state index in [2.05, 4.69) is 15.7 Å². The molecule has 0 bridgehead atoms. The number of thiocarbonyl (C=S) groups is 1. The maximum absolute atomic E-state index is 13.7. The molecule has 0 saturated heterocycles. The van der Waals surface area contributed by atoms with Crippen LogP contribution in [0, 0.1) is 5.82 Å². The molecule has 0 aliphatic carbocycles. The molecule has 0 amide bonds. The molecule has 0 radical (unpaired) electrons. The van der Waals surface area contributed by atoms with Gasteiger partial charge in [0.15, 0.2) is 10.9 Å². The Morgan fingerprint density at radius 3 is 2.58 bits per heavy atom. The van der Waals surface area contributed by atoms with Crippen molar-refractivity contribution in [2.45, 2.75) is 6.54 Å². The monoisotopic (exact) mass is 360 g/mol. The van der Waals surface area contributed by atoms with E-state index in [0.717, 1.165) is 5.69 Å². The van der Waals surface area contributed by atoms with E-state index in [1.807, 2.05) is 12.1 Å². The van der Waals surface area contributed by atoms with Crippen LogP contribution in [-0.4, -0.2) is 14.9 Å². The van der Waals surface area contributed by atoms with Gasteiger partial charge in [-0.1, -0.05) is 29.8 Å². The van der Waals surface area contributed by atoms with E-state index >= 15 is 0 Å². The van der Waals surface area contributed by atoms with Crippen molar-refractivity contribution in [1.82, 2.24) is 9.78 Å². The van der Waals surface area contributed by atoms with Gasteiger partial charge in [-0.15, -0.1) is 0 Å². The van der Waals surface area contributed by atoms with Crippen molar-refractivity contribution in [3.8, 4) is 0 Å². The molecule has 2 N–H and O–H groups in total. The molecule has 7 heteroatoms. The quantitative estimate of drug-likeness (QED) is 0.671. The second-order valence-corrected chi connectivity index (χ2v) is 5.92. The van der Waals surface area contributed by atoms with Crippen LogP contribution in [0.15, 0.2) is 60.8 Å². The zero-order chi connectivity index (χ0) is 16.9. The number of nitrogens with one attached hydrogen (secondary N) is 2. The van der Waals surface area contributed by atoms with Crippen LogP contribution in [0.1, 0.15) is 5.56 Å². The Morgan fingerprint density at radius 2 is 1.83 bits per heavy atom. The highest BCUT2D eigenvalue weighted by Gasteiger charge is 2.05. The van der Waals surface area contributed by atoms with Crippen molar-refractivity contribution in [2.24, 2.45) is 0 Å². The van der Waals surface area contributed by atoms with Gasteiger partial charge in [0, 0.05) is 28.5 Å². The van der Waals surface area contributed by atoms with Gasteiger partial charge in [0.2, 0.25) is 0 Å². The number of hydrogen-bond donors (Lipinski definition) is 2. The molecule has 2 aromatic carbocycles. The van der Waals surface area contributed by atoms with Crippen molar-refractivity contribution in [3.63, 3.8) is 0 Å². The van der Waals surface area contributed by atoms with Crippen LogP contribution in [0.25, 0.3) is 0 Å². The highest BCUT2D eigenvalue weighted by Crippen LogP contribution is 2.14. The molecule has 0 atom stereocenters. The lowest BCUT2D eigenvalue weighted by Gasteiger charge is -2.08. The molecule has 1 aromatic heterocycles. The summed E-state index contributed by atoms with van der Waals surface area (Å²) < 4.78 is 15.3. The third kappa shape index (κ3) is 4.31. The summed E-state index contributed by atoms with van der Waals surface area (Å²) >= 11 is 11.1. The van der Waals surface area contributed by atoms with E-state index in [4.69, 9.17) is 23.8 Å². The Kier molecular flexibility index (Phi) is 5.08. The molecule has 3 rings (SSSR count). The minimum absolute atomic E-state index is 0.248. The van der Waals surface area contributed by atoms with Crippen LogP contribution in [0.3, 0.4) is 0 Å². The van der Waals surface area contributed by atoms with Crippen molar-refractivity contribution in [2.75, 3.05) is 10.6 Å². The third-order valence-corrected chi connectivity index (χ3v) is 3.73. The number of hydrogen-bond acceptors (Lipinski definition) is 2. The molecule has 0 fully saturated rings. The second-order valence-electron chi connectivity index (χ2n) is 5.08. The zero-order valence-electron chi connectivity index (χ0n) is 12.5. The Labute approximate surface area is 149 Å². The van der Waals surface area contributed by atoms with Gasteiger partial charge in [-0.3, -0.25) is 4.68 Å². The molecular weight excluding hydrogens is 347 g/mol. The first-order valence-corrected chi connectivity index (χ1v) is 7.99. The van der Waals surface area contributed by atoms with Gasteiger partial charge >= 0.3 is 0 Å². The maximum Gasteiger partial charge on any atom is 0.176 e. The van der Waals surface area contributed by atoms with Crippen LogP contribution < -0.4 is 10.6 Å². The summed E-state index contributed by atoms with van der Waals surface area (Å²) in [6.07, 6.45) is 1.76. The van der Waals surface area contributed by atoms with Gasteiger partial charge < -0.3 is 10.6 Å². The lowest BCUT2D eigenvalue weighted by molar-refractivity contribution is 0.586. The second kappa shape index (κ2) is 7.42. The lowest BCUT2D eigenvalue weighted by atomic mass is 10.2. The molecule has 122 valence electrons. The molecular formula is C17H14ClFN4S. The summed E-state index contributed by atoms with van der Waals surface area (Å²) in [6, 6.07) is 15.6. The van der Waals surface area contributed by atoms with Crippen LogP contribution in [-0.2, 0) is 6.54 Å². The van der Waals surface area contributed by atoms with E-state index in [0.29, 0.717) is 28.1 Å². The third-order valence-electron chi connectivity index (χ3n) is 3.27. The first-order chi connectivity index (χ1) is 11.6. The van der Waals surface area contributed by atoms with E-state index in [1.165, 1.54) is 6.07 Å². The Bertz CT molecular complexity index is 848. The number of rotatable bonds is 4. The van der Waals surface area contributed by atoms with Crippen LogP contribution >= 0.6 is 23.8 Å². The van der Waals surface area contributed by atoms with Crippen molar-refractivity contribution < 1.29 is 4.39 Å². The van der Waals surface area contributed by atoms with E-state index in [-0.39, 0.29) is 5.82 Å². The standard InChI is InChI=1S/C17H14ClFN4S/c18-13-5-7-14(8-6-13)20-17(24)21-16-9-10-23(22-16)11-12-3-1-2-4-15(12)19/h1-10H,11H2,(H2,20,21,22,24). The number of anilines is 2. The fourth-order valence-corrected chi connectivity index (χ4v) is 2.48. The summed E-state index contributed by atoms with van der Waals surface area (Å²) in [5.74, 6) is 0.334. The van der Waals surface area contributed by atoms with E-state index in [9.17, 15) is 4.39 Å². The number of halogens is 2. The lowest BCUT2D eigenvalue weighted by Crippen LogP contribution is -2.19. The van der Waals surface area contributed by atoms with E-state index in [1.54, 1.807) is 47.3 Å². The largest absolute Gasteiger partial charge is 0.332 e. The van der Waals surface area contributed by atoms with Crippen LogP contribution in [0.5, 0.6) is 0 Å². The minimum Gasteiger partial charge on any atom is -0.332 e. The average molecular weight is 361 g/mol. The normalized spacial score (nSPS) is 10.4. The van der Waals surface area contributed by atoms with Crippen molar-refractivity contribution >= 4 is 40.4 Å². The predicted octanol–water partition coefficient (Wildman–Crippen LogP) is 4.53. The van der Waals surface area contributed by atoms with Gasteiger partial charge in [-0.25, -0.2) is 4.39 Å². The molecule has 1 heterocycles. The summed E-state index contributed by atoms with van der Waals surface area (Å²) in [7, 11) is 0. The Hall–Kier alpha value is -2.44. The van der Waals surface area contributed by atoms with Gasteiger partial charge in [0.1, 0.15) is 5.82 Å². The van der Waals surface area contributed by atoms with Crippen LogP contribution in [0.2, 0.25) is 5.02 Å². The van der Waals surface area contributed by atoms with Gasteiger partial charge in [0.05, 0.1) is 6.54 Å². The highest BCUT2D eigenvalue weighted by atomic mass is 35.5. The maximum atomic E-state index is 13.7. The first-order valence-electron chi connectivity index (χ1n) is 7.20. The summed E-state index contributed by atoms with van der Waals surface area (Å²) in [5, 5.41) is 11.4. The molecule has 3 aromatic rings. The highest BCUT2D eigenvalue weighted by molar-refractivity contribution is 7.80. The molecule has 0 unspecified atom stereocenters. The fraction of sp³-hybridized carbons (Fsp3) is 0.0588. The number of aromatic nitrogens is 2. The topological polar surface area (TPSA) is 41.9 Å². The summed E-state index contributed by atoms with van der Waals surface area (Å²) in [5.41, 5.74) is 1.40. The SMILES string of the molecule is Fc1ccccc1Cn1ccc(NC(=S)Nc2ccc(Cl)cc2)n1. The minimum atomic E-state index is -0.248. The molecule has 0 aliphatic heterocycles. The Morgan fingerprint density at radius 1 is 1.08 bits per heavy atom.